The van der Waals surface area contributed by atoms with Crippen LogP contribution in [0.1, 0.15) is 90.9 Å². The van der Waals surface area contributed by atoms with Gasteiger partial charge >= 0.3 is 6.09 Å². The summed E-state index contributed by atoms with van der Waals surface area (Å²) in [5, 5.41) is 0. The Hall–Kier alpha value is -3.60. The largest absolute Gasteiger partial charge is 0.451 e. The Balaban J connectivity index is 0.897. The molecule has 2 aromatic rings. The van der Waals surface area contributed by atoms with E-state index in [1.807, 2.05) is 48.5 Å². The monoisotopic (exact) mass is 784 g/mol. The molecule has 1 N–H and O–H groups in total. The molecule has 55 heavy (non-hydrogen) atoms. The van der Waals surface area contributed by atoms with Gasteiger partial charge in [-0.2, -0.15) is 17.4 Å². The van der Waals surface area contributed by atoms with Gasteiger partial charge in [0.2, 0.25) is 0 Å². The number of nitrogens with one attached hydrogen (secondary N) is 1. The van der Waals surface area contributed by atoms with Crippen LogP contribution in [0.25, 0.3) is 0 Å². The summed E-state index contributed by atoms with van der Waals surface area (Å²) in [4.78, 5) is 43.1. The van der Waals surface area contributed by atoms with E-state index in [-0.39, 0.29) is 46.9 Å². The predicted octanol–water partition coefficient (Wildman–Crippen LogP) is 4.88. The second-order valence-corrected chi connectivity index (χ2v) is 19.6. The number of nitrogens with zero attached hydrogens (tertiary/aromatic N) is 7. The molecular weight excluding hydrogens is 728 g/mol. The van der Waals surface area contributed by atoms with E-state index >= 15 is 0 Å². The van der Waals surface area contributed by atoms with Crippen LogP contribution in [-0.4, -0.2) is 131 Å². The zero-order chi connectivity index (χ0) is 39.5. The molecule has 1 aromatic heterocycles. The highest BCUT2D eigenvalue weighted by atomic mass is 32.2. The van der Waals surface area contributed by atoms with Crippen molar-refractivity contribution in [3.05, 3.63) is 42.1 Å². The highest BCUT2D eigenvalue weighted by molar-refractivity contribution is 7.87. The van der Waals surface area contributed by atoms with Crippen molar-refractivity contribution in [2.75, 3.05) is 57.3 Å². The molecule has 16 heteroatoms. The number of amides is 2. The molecule has 4 aliphatic heterocycles. The zero-order valence-electron chi connectivity index (χ0n) is 33.3. The Morgan fingerprint density at radius 2 is 1.71 bits per heavy atom. The molecule has 5 heterocycles. The molecule has 14 nitrogen and oxygen atoms in total. The van der Waals surface area contributed by atoms with Crippen molar-refractivity contribution in [3.63, 3.8) is 0 Å². The van der Waals surface area contributed by atoms with Gasteiger partial charge in [-0.15, -0.1) is 0 Å². The predicted molar refractivity (Wildman–Crippen MR) is 206 cm³/mol. The van der Waals surface area contributed by atoms with Gasteiger partial charge in [-0.1, -0.05) is 0 Å². The third-order valence-corrected chi connectivity index (χ3v) is 13.6. The van der Waals surface area contributed by atoms with Crippen molar-refractivity contribution in [2.45, 2.75) is 110 Å². The minimum Gasteiger partial charge on any atom is -0.451 e. The van der Waals surface area contributed by atoms with Crippen molar-refractivity contribution >= 4 is 28.0 Å². The number of ether oxygens (including phenoxy) is 2. The number of halogens is 1. The smallest absolute Gasteiger partial charge is 0.410 e. The lowest BCUT2D eigenvalue weighted by molar-refractivity contribution is -0.0415. The first kappa shape index (κ1) is 39.6. The lowest BCUT2D eigenvalue weighted by atomic mass is 9.72. The average molecular weight is 785 g/mol. The minimum absolute atomic E-state index is 0.0817. The third kappa shape index (κ3) is 8.14. The average Bonchev–Trinajstić information content (AvgIpc) is 3.81. The van der Waals surface area contributed by atoms with Crippen LogP contribution in [0.5, 0.6) is 11.5 Å². The second kappa shape index (κ2) is 14.7. The topological polar surface area (TPSA) is 141 Å². The number of hydrogen-bond donors (Lipinski definition) is 1. The number of carbonyl (C=O) groups is 2. The van der Waals surface area contributed by atoms with Crippen LogP contribution in [0.2, 0.25) is 0 Å². The van der Waals surface area contributed by atoms with E-state index in [1.165, 1.54) is 24.5 Å². The van der Waals surface area contributed by atoms with E-state index in [0.717, 1.165) is 64.8 Å². The quantitative estimate of drug-likeness (QED) is 0.336. The normalized spacial score (nSPS) is 23.6. The molecule has 1 unspecified atom stereocenters. The van der Waals surface area contributed by atoms with E-state index < -0.39 is 27.2 Å². The summed E-state index contributed by atoms with van der Waals surface area (Å²) in [6.07, 6.45) is 6.88. The molecule has 1 aliphatic carbocycles. The fraction of sp³-hybridized carbons (Fsp3) is 0.692. The summed E-state index contributed by atoms with van der Waals surface area (Å²) in [7, 11) is -3.67. The molecular formula is C39H57FN8O6S. The summed E-state index contributed by atoms with van der Waals surface area (Å²) >= 11 is 0. The molecule has 1 aromatic carbocycles. The first-order chi connectivity index (χ1) is 25.9. The maximum absolute atomic E-state index is 14.4. The molecule has 0 radical (unpaired) electrons. The molecule has 5 aliphatic rings. The number of hydrogen-bond acceptors (Lipinski definition) is 10. The Kier molecular flexibility index (Phi) is 10.6. The van der Waals surface area contributed by atoms with Gasteiger partial charge in [0.15, 0.2) is 11.6 Å². The molecule has 302 valence electrons. The number of likely N-dealkylation sites (tertiary alicyclic amines) is 2. The lowest BCUT2D eigenvalue weighted by Gasteiger charge is -2.55. The molecule has 5 fully saturated rings. The second-order valence-electron chi connectivity index (χ2n) is 17.9. The maximum atomic E-state index is 14.4. The van der Waals surface area contributed by atoms with Crippen molar-refractivity contribution in [2.24, 2.45) is 11.3 Å². The molecule has 4 saturated heterocycles. The van der Waals surface area contributed by atoms with Gasteiger partial charge in [-0.3, -0.25) is 9.69 Å². The van der Waals surface area contributed by atoms with Crippen molar-refractivity contribution in [1.82, 2.24) is 33.7 Å². The molecule has 2 spiro atoms. The van der Waals surface area contributed by atoms with Gasteiger partial charge in [0.05, 0.1) is 23.3 Å². The number of carbonyl (C=O) groups excluding carboxylic acids is 2. The SMILES string of the molecule is CC(C)N(C(=O)c1cc(F)ccc1Oc1cncnc1N1CC[C@@H](CN2CC3(CCN(S(=O)(=O)NC4CN(C(=O)OC(C)(C)C)C45CC5)CC3)C2)C1)C(C)C. The number of aromatic nitrogens is 2. The first-order valence-corrected chi connectivity index (χ1v) is 21.2. The third-order valence-electron chi connectivity index (χ3n) is 12.0. The number of benzene rings is 1. The lowest BCUT2D eigenvalue weighted by Crippen LogP contribution is -2.71. The van der Waals surface area contributed by atoms with Crippen LogP contribution in [0.3, 0.4) is 0 Å². The highest BCUT2D eigenvalue weighted by Crippen LogP contribution is 2.52. The van der Waals surface area contributed by atoms with Crippen LogP contribution in [-0.2, 0) is 14.9 Å². The summed E-state index contributed by atoms with van der Waals surface area (Å²) in [6, 6.07) is 3.55. The zero-order valence-corrected chi connectivity index (χ0v) is 34.1. The Morgan fingerprint density at radius 3 is 2.35 bits per heavy atom. The van der Waals surface area contributed by atoms with Crippen LogP contribution >= 0.6 is 0 Å². The van der Waals surface area contributed by atoms with Crippen LogP contribution < -0.4 is 14.4 Å². The molecule has 7 rings (SSSR count). The van der Waals surface area contributed by atoms with Gasteiger partial charge < -0.3 is 24.2 Å². The summed E-state index contributed by atoms with van der Waals surface area (Å²) in [5.41, 5.74) is -0.766. The van der Waals surface area contributed by atoms with E-state index in [0.29, 0.717) is 37.1 Å². The van der Waals surface area contributed by atoms with Crippen molar-refractivity contribution in [1.29, 1.82) is 0 Å². The van der Waals surface area contributed by atoms with E-state index in [1.54, 1.807) is 20.3 Å². The Labute approximate surface area is 324 Å². The van der Waals surface area contributed by atoms with Gasteiger partial charge in [0, 0.05) is 64.4 Å². The Bertz CT molecular complexity index is 1860. The number of piperidine rings is 1. The van der Waals surface area contributed by atoms with Gasteiger partial charge in [0.1, 0.15) is 23.5 Å². The molecule has 2 atom stereocenters. The molecule has 1 saturated carbocycles. The summed E-state index contributed by atoms with van der Waals surface area (Å²) in [5.74, 6) is 0.900. The van der Waals surface area contributed by atoms with Crippen molar-refractivity contribution in [3.8, 4) is 11.5 Å². The summed E-state index contributed by atoms with van der Waals surface area (Å²) in [6.45, 7) is 19.0. The van der Waals surface area contributed by atoms with Crippen LogP contribution in [0.15, 0.2) is 30.7 Å². The number of rotatable bonds is 11. The summed E-state index contributed by atoms with van der Waals surface area (Å²) < 4.78 is 57.7. The van der Waals surface area contributed by atoms with Crippen LogP contribution in [0, 0.1) is 17.2 Å². The number of anilines is 1. The van der Waals surface area contributed by atoms with Gasteiger partial charge in [0.25, 0.3) is 16.1 Å². The molecule has 0 bridgehead atoms. The van der Waals surface area contributed by atoms with E-state index in [9.17, 15) is 22.4 Å². The van der Waals surface area contributed by atoms with Gasteiger partial charge in [-0.05, 0) is 110 Å². The van der Waals surface area contributed by atoms with Crippen molar-refractivity contribution < 1.29 is 31.9 Å². The fourth-order valence-electron chi connectivity index (χ4n) is 9.12. The van der Waals surface area contributed by atoms with E-state index in [2.05, 4.69) is 24.5 Å². The van der Waals surface area contributed by atoms with Gasteiger partial charge in [-0.25, -0.2) is 19.2 Å². The first-order valence-electron chi connectivity index (χ1n) is 19.7. The van der Waals surface area contributed by atoms with E-state index in [4.69, 9.17) is 9.47 Å². The standard InChI is InChI=1S/C39H57FN8O6S/c1-26(2)48(27(3)4)35(49)30-18-29(40)8-9-31(30)53-32-19-41-25-42-34(32)45-15-10-28(21-45)20-44-23-38(24-44)13-16-46(17-14-38)55(51,52)43-33-22-47(39(33)11-12-39)36(50)54-37(5,6)7/h8-9,18-19,25-28,33,43H,10-17,20-24H2,1-7H3/t28-,33?/m0/s1. The fourth-order valence-corrected chi connectivity index (χ4v) is 10.6. The van der Waals surface area contributed by atoms with Crippen LogP contribution in [0.4, 0.5) is 15.0 Å². The minimum atomic E-state index is -3.67. The molecule has 2 amide bonds. The maximum Gasteiger partial charge on any atom is 0.410 e. The highest BCUT2D eigenvalue weighted by Gasteiger charge is 2.65. The Morgan fingerprint density at radius 1 is 1.02 bits per heavy atom.